The molecule has 6 nitrogen and oxygen atoms in total. The van der Waals surface area contributed by atoms with Gasteiger partial charge in [-0.2, -0.15) is 0 Å². The predicted molar refractivity (Wildman–Crippen MR) is 116 cm³/mol. The van der Waals surface area contributed by atoms with E-state index < -0.39 is 0 Å². The number of benzene rings is 1. The summed E-state index contributed by atoms with van der Waals surface area (Å²) in [7, 11) is 0. The molecule has 0 radical (unpaired) electrons. The number of para-hydroxylation sites is 1. The number of hydrogen-bond donors (Lipinski definition) is 1. The number of carbonyl (C=O) groups excluding carboxylic acids is 1. The summed E-state index contributed by atoms with van der Waals surface area (Å²) in [6.45, 7) is 10.0. The zero-order valence-electron chi connectivity index (χ0n) is 16.9. The first-order valence-corrected chi connectivity index (χ1v) is 10.4. The minimum absolute atomic E-state index is 0.0791. The third-order valence-corrected chi connectivity index (χ3v) is 5.43. The van der Waals surface area contributed by atoms with Crippen LogP contribution < -0.4 is 10.9 Å². The molecule has 0 saturated heterocycles. The van der Waals surface area contributed by atoms with Crippen molar-refractivity contribution in [2.75, 3.05) is 18.8 Å². The Morgan fingerprint density at radius 2 is 1.96 bits per heavy atom. The number of fused-ring (bicyclic) bond motifs is 1. The number of amides is 1. The molecule has 1 heterocycles. The van der Waals surface area contributed by atoms with Crippen molar-refractivity contribution in [3.8, 4) is 12.3 Å². The van der Waals surface area contributed by atoms with Gasteiger partial charge in [0.05, 0.1) is 23.2 Å². The molecule has 150 valence electrons. The molecule has 0 fully saturated rings. The molecule has 1 amide bonds. The predicted octanol–water partition coefficient (Wildman–Crippen LogP) is 2.36. The summed E-state index contributed by atoms with van der Waals surface area (Å²) in [5, 5.41) is 3.77. The van der Waals surface area contributed by atoms with Gasteiger partial charge in [0, 0.05) is 25.2 Å². The molecule has 1 aromatic heterocycles. The zero-order valence-corrected chi connectivity index (χ0v) is 17.8. The van der Waals surface area contributed by atoms with Crippen LogP contribution >= 0.6 is 11.8 Å². The molecule has 0 unspecified atom stereocenters. The van der Waals surface area contributed by atoms with Crippen LogP contribution in [0.3, 0.4) is 0 Å². The molecular weight excluding hydrogens is 372 g/mol. The molecule has 0 aliphatic rings. The highest BCUT2D eigenvalue weighted by atomic mass is 32.2. The molecule has 1 aromatic carbocycles. The van der Waals surface area contributed by atoms with Gasteiger partial charge in [-0.3, -0.25) is 19.1 Å². The average molecular weight is 401 g/mol. The smallest absolute Gasteiger partial charge is 0.262 e. The molecule has 28 heavy (non-hydrogen) atoms. The van der Waals surface area contributed by atoms with Crippen LogP contribution in [0, 0.1) is 12.3 Å². The second-order valence-electron chi connectivity index (χ2n) is 7.06. The first-order chi connectivity index (χ1) is 13.3. The molecule has 0 saturated carbocycles. The first kappa shape index (κ1) is 22.0. The molecule has 7 heteroatoms. The topological polar surface area (TPSA) is 67.2 Å². The Morgan fingerprint density at radius 3 is 2.61 bits per heavy atom. The van der Waals surface area contributed by atoms with Crippen LogP contribution in [-0.2, 0) is 11.3 Å². The highest BCUT2D eigenvalue weighted by Gasteiger charge is 2.17. The Hall–Kier alpha value is -2.30. The minimum Gasteiger partial charge on any atom is -0.344 e. The molecule has 1 N–H and O–H groups in total. The summed E-state index contributed by atoms with van der Waals surface area (Å²) in [6, 6.07) is 8.04. The van der Waals surface area contributed by atoms with Gasteiger partial charge in [-0.1, -0.05) is 29.8 Å². The first-order valence-electron chi connectivity index (χ1n) is 9.43. The van der Waals surface area contributed by atoms with Crippen LogP contribution in [0.1, 0.15) is 27.7 Å². The van der Waals surface area contributed by atoms with Gasteiger partial charge >= 0.3 is 0 Å². The van der Waals surface area contributed by atoms with Crippen molar-refractivity contribution in [1.82, 2.24) is 19.8 Å². The van der Waals surface area contributed by atoms with Gasteiger partial charge in [0.2, 0.25) is 5.91 Å². The molecular formula is C21H28N4O2S. The van der Waals surface area contributed by atoms with E-state index in [0.717, 1.165) is 6.54 Å². The van der Waals surface area contributed by atoms with E-state index in [1.54, 1.807) is 10.6 Å². The second-order valence-corrected chi connectivity index (χ2v) is 8.01. The quantitative estimate of drug-likeness (QED) is 0.398. The van der Waals surface area contributed by atoms with E-state index in [4.69, 9.17) is 6.42 Å². The number of terminal acetylenes is 1. The lowest BCUT2D eigenvalue weighted by molar-refractivity contribution is -0.118. The fraction of sp³-hybridized carbons (Fsp3) is 0.476. The van der Waals surface area contributed by atoms with Gasteiger partial charge in [-0.25, -0.2) is 4.98 Å². The maximum Gasteiger partial charge on any atom is 0.262 e. The summed E-state index contributed by atoms with van der Waals surface area (Å²) in [5.74, 6) is 2.36. The highest BCUT2D eigenvalue weighted by Crippen LogP contribution is 2.18. The van der Waals surface area contributed by atoms with E-state index in [1.807, 2.05) is 18.2 Å². The maximum atomic E-state index is 13.1. The average Bonchev–Trinajstić information content (AvgIpc) is 2.66. The lowest BCUT2D eigenvalue weighted by atomic mass is 10.2. The summed E-state index contributed by atoms with van der Waals surface area (Å²) < 4.78 is 1.68. The molecule has 0 atom stereocenters. The lowest BCUT2D eigenvalue weighted by Gasteiger charge is -2.30. The van der Waals surface area contributed by atoms with Crippen LogP contribution in [0.25, 0.3) is 10.9 Å². The van der Waals surface area contributed by atoms with Crippen LogP contribution in [-0.4, -0.2) is 51.3 Å². The number of carbonyl (C=O) groups is 1. The number of nitrogens with one attached hydrogen (secondary N) is 1. The van der Waals surface area contributed by atoms with E-state index in [1.165, 1.54) is 11.8 Å². The number of nitrogens with zero attached hydrogens (tertiary/aromatic N) is 3. The van der Waals surface area contributed by atoms with Gasteiger partial charge in [0.15, 0.2) is 5.16 Å². The third-order valence-electron chi connectivity index (χ3n) is 4.45. The van der Waals surface area contributed by atoms with Crippen molar-refractivity contribution in [2.24, 2.45) is 0 Å². The van der Waals surface area contributed by atoms with E-state index >= 15 is 0 Å². The Bertz CT molecular complexity index is 907. The summed E-state index contributed by atoms with van der Waals surface area (Å²) in [5.41, 5.74) is 0.560. The van der Waals surface area contributed by atoms with Crippen LogP contribution in [0.4, 0.5) is 0 Å². The number of aromatic nitrogens is 2. The summed E-state index contributed by atoms with van der Waals surface area (Å²) >= 11 is 1.26. The van der Waals surface area contributed by atoms with Crippen molar-refractivity contribution in [2.45, 2.75) is 51.5 Å². The molecule has 0 aliphatic heterocycles. The number of rotatable bonds is 9. The van der Waals surface area contributed by atoms with Gasteiger partial charge in [0.25, 0.3) is 5.56 Å². The van der Waals surface area contributed by atoms with Crippen molar-refractivity contribution in [3.05, 3.63) is 34.6 Å². The second kappa shape index (κ2) is 10.3. The molecule has 0 bridgehead atoms. The Morgan fingerprint density at radius 1 is 1.29 bits per heavy atom. The van der Waals surface area contributed by atoms with E-state index in [-0.39, 0.29) is 23.8 Å². The molecule has 2 rings (SSSR count). The largest absolute Gasteiger partial charge is 0.344 e. The molecule has 0 spiro atoms. The fourth-order valence-corrected chi connectivity index (χ4v) is 3.97. The van der Waals surface area contributed by atoms with Crippen molar-refractivity contribution in [3.63, 3.8) is 0 Å². The third kappa shape index (κ3) is 5.60. The normalized spacial score (nSPS) is 11.4. The van der Waals surface area contributed by atoms with E-state index in [0.29, 0.717) is 34.7 Å². The van der Waals surface area contributed by atoms with E-state index in [9.17, 15) is 9.59 Å². The zero-order chi connectivity index (χ0) is 20.7. The molecule has 2 aromatic rings. The minimum atomic E-state index is -0.178. The summed E-state index contributed by atoms with van der Waals surface area (Å²) in [4.78, 5) is 32.0. The fourth-order valence-electron chi connectivity index (χ4n) is 3.11. The van der Waals surface area contributed by atoms with Crippen LogP contribution in [0.2, 0.25) is 0 Å². The number of hydrogen-bond acceptors (Lipinski definition) is 5. The van der Waals surface area contributed by atoms with Crippen LogP contribution in [0.5, 0.6) is 0 Å². The van der Waals surface area contributed by atoms with Crippen LogP contribution in [0.15, 0.2) is 34.2 Å². The van der Waals surface area contributed by atoms with Gasteiger partial charge in [-0.05, 0) is 39.8 Å². The van der Waals surface area contributed by atoms with E-state index in [2.05, 4.69) is 48.8 Å². The number of thioether (sulfide) groups is 1. The van der Waals surface area contributed by atoms with Crippen molar-refractivity contribution < 1.29 is 4.79 Å². The van der Waals surface area contributed by atoms with Gasteiger partial charge < -0.3 is 5.32 Å². The SMILES string of the molecule is C#CCNC(=O)CSc1nc2ccccc2c(=O)n1CCN(C(C)C)C(C)C. The van der Waals surface area contributed by atoms with Gasteiger partial charge in [0.1, 0.15) is 0 Å². The Balaban J connectivity index is 2.32. The maximum absolute atomic E-state index is 13.1. The molecule has 0 aliphatic carbocycles. The monoisotopic (exact) mass is 400 g/mol. The Labute approximate surface area is 170 Å². The van der Waals surface area contributed by atoms with Gasteiger partial charge in [-0.15, -0.1) is 6.42 Å². The standard InChI is InChI=1S/C21H28N4O2S/c1-6-11-22-19(26)14-28-21-23-18-10-8-7-9-17(18)20(27)25(21)13-12-24(15(2)3)16(4)5/h1,7-10,15-16H,11-14H2,2-5H3,(H,22,26). The highest BCUT2D eigenvalue weighted by molar-refractivity contribution is 7.99. The lowest BCUT2D eigenvalue weighted by Crippen LogP contribution is -2.40. The Kier molecular flexibility index (Phi) is 8.09. The van der Waals surface area contributed by atoms with Crippen molar-refractivity contribution >= 4 is 28.6 Å². The summed E-state index contributed by atoms with van der Waals surface area (Å²) in [6.07, 6.45) is 5.17. The van der Waals surface area contributed by atoms with Crippen molar-refractivity contribution in [1.29, 1.82) is 0 Å².